The zero-order chi connectivity index (χ0) is 17.1. The molecule has 3 amide bonds. The van der Waals surface area contributed by atoms with Crippen molar-refractivity contribution in [2.45, 2.75) is 0 Å². The van der Waals surface area contributed by atoms with Gasteiger partial charge in [0.15, 0.2) is 0 Å². The van der Waals surface area contributed by atoms with Gasteiger partial charge in [0.1, 0.15) is 18.2 Å². The Labute approximate surface area is 137 Å². The molecule has 1 heterocycles. The Morgan fingerprint density at radius 3 is 2.50 bits per heavy atom. The van der Waals surface area contributed by atoms with E-state index in [2.05, 4.69) is 5.32 Å². The fourth-order valence-corrected chi connectivity index (χ4v) is 2.53. The molecular formula is C17H15F2N3O2. The van der Waals surface area contributed by atoms with Gasteiger partial charge in [-0.2, -0.15) is 0 Å². The molecule has 0 unspecified atom stereocenters. The molecule has 2 aromatic carbocycles. The summed E-state index contributed by atoms with van der Waals surface area (Å²) in [7, 11) is 0. The minimum Gasteiger partial charge on any atom is -0.324 e. The van der Waals surface area contributed by atoms with E-state index in [0.29, 0.717) is 24.5 Å². The van der Waals surface area contributed by atoms with Crippen LogP contribution in [0.4, 0.5) is 25.0 Å². The van der Waals surface area contributed by atoms with E-state index in [0.717, 1.165) is 0 Å². The maximum absolute atomic E-state index is 13.1. The quantitative estimate of drug-likeness (QED) is 0.937. The first-order valence-electron chi connectivity index (χ1n) is 7.40. The van der Waals surface area contributed by atoms with Gasteiger partial charge in [-0.3, -0.25) is 9.69 Å². The molecule has 5 nitrogen and oxygen atoms in total. The highest BCUT2D eigenvalue weighted by Crippen LogP contribution is 2.20. The first-order chi connectivity index (χ1) is 11.5. The van der Waals surface area contributed by atoms with Crippen molar-refractivity contribution in [3.8, 4) is 0 Å². The Hall–Kier alpha value is -2.96. The van der Waals surface area contributed by atoms with Gasteiger partial charge in [0, 0.05) is 24.5 Å². The van der Waals surface area contributed by atoms with Crippen molar-refractivity contribution in [3.63, 3.8) is 0 Å². The molecule has 1 N–H and O–H groups in total. The summed E-state index contributed by atoms with van der Waals surface area (Å²) in [5, 5.41) is 2.55. The summed E-state index contributed by atoms with van der Waals surface area (Å²) in [6.07, 6.45) is 0. The molecule has 124 valence electrons. The maximum Gasteiger partial charge on any atom is 0.325 e. The van der Waals surface area contributed by atoms with Crippen LogP contribution >= 0.6 is 0 Å². The minimum absolute atomic E-state index is 0.132. The summed E-state index contributed by atoms with van der Waals surface area (Å²) in [5.74, 6) is -1.24. The van der Waals surface area contributed by atoms with Crippen molar-refractivity contribution < 1.29 is 18.4 Å². The van der Waals surface area contributed by atoms with Crippen molar-refractivity contribution in [1.29, 1.82) is 0 Å². The number of halogens is 2. The number of benzene rings is 2. The van der Waals surface area contributed by atoms with Gasteiger partial charge in [0.2, 0.25) is 5.91 Å². The number of amides is 3. The lowest BCUT2D eigenvalue weighted by Crippen LogP contribution is -2.37. The Morgan fingerprint density at radius 1 is 1.04 bits per heavy atom. The van der Waals surface area contributed by atoms with Crippen LogP contribution in [0.3, 0.4) is 0 Å². The molecule has 2 aromatic rings. The zero-order valence-electron chi connectivity index (χ0n) is 12.7. The number of hydrogen-bond donors (Lipinski definition) is 1. The average Bonchev–Trinajstić information content (AvgIpc) is 2.89. The molecule has 7 heteroatoms. The number of anilines is 2. The smallest absolute Gasteiger partial charge is 0.324 e. The highest BCUT2D eigenvalue weighted by Gasteiger charge is 2.30. The SMILES string of the molecule is O=C(CN1CCN(c2ccc(F)cc2)C1=O)Nc1cccc(F)c1. The normalized spacial score (nSPS) is 14.2. The molecule has 0 aromatic heterocycles. The van der Waals surface area contributed by atoms with Crippen LogP contribution in [-0.4, -0.2) is 36.5 Å². The van der Waals surface area contributed by atoms with E-state index in [-0.39, 0.29) is 18.4 Å². The molecule has 1 saturated heterocycles. The van der Waals surface area contributed by atoms with Crippen molar-refractivity contribution in [1.82, 2.24) is 4.90 Å². The van der Waals surface area contributed by atoms with Crippen molar-refractivity contribution in [2.24, 2.45) is 0 Å². The molecule has 0 bridgehead atoms. The molecular weight excluding hydrogens is 316 g/mol. The van der Waals surface area contributed by atoms with E-state index in [1.807, 2.05) is 0 Å². The minimum atomic E-state index is -0.451. The second-order valence-corrected chi connectivity index (χ2v) is 5.39. The summed E-state index contributed by atoms with van der Waals surface area (Å²) in [4.78, 5) is 27.2. The molecule has 1 aliphatic heterocycles. The molecule has 0 aliphatic carbocycles. The second-order valence-electron chi connectivity index (χ2n) is 5.39. The summed E-state index contributed by atoms with van der Waals surface area (Å²) in [6, 6.07) is 10.8. The predicted octanol–water partition coefficient (Wildman–Crippen LogP) is 2.85. The van der Waals surface area contributed by atoms with Crippen molar-refractivity contribution in [2.75, 3.05) is 29.9 Å². The van der Waals surface area contributed by atoms with Crippen LogP contribution < -0.4 is 10.2 Å². The number of rotatable bonds is 4. The van der Waals surface area contributed by atoms with Crippen LogP contribution in [0.25, 0.3) is 0 Å². The van der Waals surface area contributed by atoms with Gasteiger partial charge in [-0.15, -0.1) is 0 Å². The topological polar surface area (TPSA) is 52.7 Å². The third-order valence-electron chi connectivity index (χ3n) is 3.68. The Morgan fingerprint density at radius 2 is 1.79 bits per heavy atom. The number of urea groups is 1. The highest BCUT2D eigenvalue weighted by molar-refractivity contribution is 5.99. The lowest BCUT2D eigenvalue weighted by molar-refractivity contribution is -0.116. The summed E-state index contributed by atoms with van der Waals surface area (Å²) in [5.41, 5.74) is 0.913. The fourth-order valence-electron chi connectivity index (χ4n) is 2.53. The van der Waals surface area contributed by atoms with E-state index in [1.54, 1.807) is 6.07 Å². The monoisotopic (exact) mass is 331 g/mol. The molecule has 24 heavy (non-hydrogen) atoms. The van der Waals surface area contributed by atoms with Gasteiger partial charge in [-0.25, -0.2) is 13.6 Å². The largest absolute Gasteiger partial charge is 0.325 e. The van der Waals surface area contributed by atoms with Gasteiger partial charge in [-0.1, -0.05) is 6.07 Å². The van der Waals surface area contributed by atoms with Crippen molar-refractivity contribution in [3.05, 3.63) is 60.2 Å². The number of hydrogen-bond acceptors (Lipinski definition) is 2. The Balaban J connectivity index is 1.61. The Kier molecular flexibility index (Phi) is 4.41. The van der Waals surface area contributed by atoms with Gasteiger partial charge < -0.3 is 10.2 Å². The first-order valence-corrected chi connectivity index (χ1v) is 7.40. The van der Waals surface area contributed by atoms with Crippen LogP contribution in [-0.2, 0) is 4.79 Å². The van der Waals surface area contributed by atoms with Gasteiger partial charge in [0.05, 0.1) is 0 Å². The second kappa shape index (κ2) is 6.66. The van der Waals surface area contributed by atoms with Crippen LogP contribution in [0.15, 0.2) is 48.5 Å². The summed E-state index contributed by atoms with van der Waals surface area (Å²) >= 11 is 0. The van der Waals surface area contributed by atoms with Crippen molar-refractivity contribution >= 4 is 23.3 Å². The molecule has 0 saturated carbocycles. The maximum atomic E-state index is 13.1. The molecule has 0 radical (unpaired) electrons. The lowest BCUT2D eigenvalue weighted by Gasteiger charge is -2.18. The van der Waals surface area contributed by atoms with E-state index in [9.17, 15) is 18.4 Å². The summed E-state index contributed by atoms with van der Waals surface area (Å²) in [6.45, 7) is 0.664. The fraction of sp³-hybridized carbons (Fsp3) is 0.176. The van der Waals surface area contributed by atoms with E-state index in [4.69, 9.17) is 0 Å². The van der Waals surface area contributed by atoms with Crippen LogP contribution in [0.1, 0.15) is 0 Å². The van der Waals surface area contributed by atoms with Crippen LogP contribution in [0.2, 0.25) is 0 Å². The molecule has 1 fully saturated rings. The summed E-state index contributed by atoms with van der Waals surface area (Å²) < 4.78 is 26.1. The predicted molar refractivity (Wildman–Crippen MR) is 85.7 cm³/mol. The number of nitrogens with one attached hydrogen (secondary N) is 1. The van der Waals surface area contributed by atoms with Gasteiger partial charge >= 0.3 is 6.03 Å². The zero-order valence-corrected chi connectivity index (χ0v) is 12.7. The van der Waals surface area contributed by atoms with E-state index in [1.165, 1.54) is 52.3 Å². The lowest BCUT2D eigenvalue weighted by atomic mass is 10.3. The molecule has 0 atom stereocenters. The van der Waals surface area contributed by atoms with Crippen LogP contribution in [0.5, 0.6) is 0 Å². The molecule has 1 aliphatic rings. The van der Waals surface area contributed by atoms with Gasteiger partial charge in [-0.05, 0) is 42.5 Å². The van der Waals surface area contributed by atoms with Crippen LogP contribution in [0, 0.1) is 11.6 Å². The van der Waals surface area contributed by atoms with E-state index >= 15 is 0 Å². The highest BCUT2D eigenvalue weighted by atomic mass is 19.1. The average molecular weight is 331 g/mol. The number of carbonyl (C=O) groups excluding carboxylic acids is 2. The third kappa shape index (κ3) is 3.51. The molecule has 0 spiro atoms. The number of carbonyl (C=O) groups is 2. The third-order valence-corrected chi connectivity index (χ3v) is 3.68. The van der Waals surface area contributed by atoms with E-state index < -0.39 is 11.7 Å². The first kappa shape index (κ1) is 15.9. The number of nitrogens with zero attached hydrogens (tertiary/aromatic N) is 2. The molecule has 3 rings (SSSR count). The standard InChI is InChI=1S/C17H15F2N3O2/c18-12-4-6-15(7-5-12)22-9-8-21(17(22)24)11-16(23)20-14-3-1-2-13(19)10-14/h1-7,10H,8-9,11H2,(H,20,23). The Bertz CT molecular complexity index is 765. The van der Waals surface area contributed by atoms with Gasteiger partial charge in [0.25, 0.3) is 0 Å².